The summed E-state index contributed by atoms with van der Waals surface area (Å²) in [7, 11) is -4.01. The van der Waals surface area contributed by atoms with Crippen LogP contribution in [0.15, 0.2) is 30.3 Å². The van der Waals surface area contributed by atoms with Crippen molar-refractivity contribution >= 4 is 15.9 Å². The molecule has 3 rings (SSSR count). The summed E-state index contributed by atoms with van der Waals surface area (Å²) in [4.78, 5) is 17.2. The van der Waals surface area contributed by atoms with E-state index in [1.54, 1.807) is 4.90 Å². The van der Waals surface area contributed by atoms with Crippen LogP contribution in [0.3, 0.4) is 0 Å². The fraction of sp³-hybridized carbons (Fsp3) is 0.650. The molecule has 6 nitrogen and oxygen atoms in total. The largest absolute Gasteiger partial charge is 0.402 e. The summed E-state index contributed by atoms with van der Waals surface area (Å²) in [5, 5.41) is 0. The monoisotopic (exact) mass is 447 g/mol. The number of piperidine rings is 1. The molecule has 2 aliphatic rings. The van der Waals surface area contributed by atoms with Crippen LogP contribution in [-0.4, -0.2) is 79.6 Å². The Hall–Kier alpha value is -1.65. The fourth-order valence-corrected chi connectivity index (χ4v) is 5.52. The molecule has 10 heteroatoms. The molecule has 2 aliphatic heterocycles. The molecule has 1 atom stereocenters. The first-order valence-corrected chi connectivity index (χ1v) is 12.0. The van der Waals surface area contributed by atoms with Gasteiger partial charge in [-0.05, 0) is 44.3 Å². The second kappa shape index (κ2) is 9.23. The summed E-state index contributed by atoms with van der Waals surface area (Å²) in [6.45, 7) is 0.643. The predicted molar refractivity (Wildman–Crippen MR) is 107 cm³/mol. The van der Waals surface area contributed by atoms with Crippen molar-refractivity contribution in [2.24, 2.45) is 0 Å². The Labute approximate surface area is 175 Å². The lowest BCUT2D eigenvalue weighted by atomic mass is 10.0. The predicted octanol–water partition coefficient (Wildman–Crippen LogP) is 2.64. The van der Waals surface area contributed by atoms with Crippen molar-refractivity contribution in [2.45, 2.75) is 43.9 Å². The molecule has 0 bridgehead atoms. The third-order valence-electron chi connectivity index (χ3n) is 5.80. The zero-order chi connectivity index (χ0) is 21.9. The highest BCUT2D eigenvalue weighted by Crippen LogP contribution is 2.30. The van der Waals surface area contributed by atoms with E-state index in [-0.39, 0.29) is 31.8 Å². The molecule has 2 saturated heterocycles. The number of rotatable bonds is 6. The molecule has 1 aromatic rings. The standard InChI is InChI=1S/C20H28F3N3O3S/c1-30(28,29)26(15-20(21,22)23)17-9-13-25(14-10-17)19(27)18(24-11-5-6-12-24)16-7-3-2-4-8-16/h2-4,7-8,17-18H,5-6,9-15H2,1H3. The smallest absolute Gasteiger partial charge is 0.341 e. The average molecular weight is 448 g/mol. The summed E-state index contributed by atoms with van der Waals surface area (Å²) < 4.78 is 63.0. The number of benzene rings is 1. The Kier molecular flexibility index (Phi) is 7.09. The molecule has 168 valence electrons. The molecule has 30 heavy (non-hydrogen) atoms. The minimum atomic E-state index is -4.61. The van der Waals surface area contributed by atoms with Gasteiger partial charge < -0.3 is 4.90 Å². The highest BCUT2D eigenvalue weighted by atomic mass is 32.2. The molecule has 2 fully saturated rings. The molecule has 0 spiro atoms. The third-order valence-corrected chi connectivity index (χ3v) is 7.08. The summed E-state index contributed by atoms with van der Waals surface area (Å²) in [6, 6.07) is 8.34. The van der Waals surface area contributed by atoms with Gasteiger partial charge in [0.1, 0.15) is 12.6 Å². The molecule has 1 unspecified atom stereocenters. The molecule has 0 N–H and O–H groups in total. The van der Waals surface area contributed by atoms with Crippen molar-refractivity contribution < 1.29 is 26.4 Å². The first-order chi connectivity index (χ1) is 14.1. The first-order valence-electron chi connectivity index (χ1n) is 10.2. The minimum absolute atomic E-state index is 0.0664. The number of carbonyl (C=O) groups excluding carboxylic acids is 1. The van der Waals surface area contributed by atoms with Gasteiger partial charge in [0.25, 0.3) is 0 Å². The molecule has 0 aliphatic carbocycles. The molecule has 2 heterocycles. The van der Waals surface area contributed by atoms with Crippen molar-refractivity contribution in [1.29, 1.82) is 0 Å². The van der Waals surface area contributed by atoms with Gasteiger partial charge in [-0.15, -0.1) is 0 Å². The molecule has 1 amide bonds. The molecular formula is C20H28F3N3O3S. The van der Waals surface area contributed by atoms with Gasteiger partial charge in [0.15, 0.2) is 0 Å². The van der Waals surface area contributed by atoms with Crippen molar-refractivity contribution in [3.63, 3.8) is 0 Å². The van der Waals surface area contributed by atoms with Gasteiger partial charge in [0.05, 0.1) is 6.26 Å². The maximum absolute atomic E-state index is 13.4. The maximum Gasteiger partial charge on any atom is 0.402 e. The van der Waals surface area contributed by atoms with Gasteiger partial charge >= 0.3 is 6.18 Å². The number of halogens is 3. The van der Waals surface area contributed by atoms with Crippen LogP contribution in [0.4, 0.5) is 13.2 Å². The zero-order valence-corrected chi connectivity index (χ0v) is 17.8. The van der Waals surface area contributed by atoms with Crippen molar-refractivity contribution in [1.82, 2.24) is 14.1 Å². The third kappa shape index (κ3) is 5.73. The number of nitrogens with zero attached hydrogens (tertiary/aromatic N) is 3. The van der Waals surface area contributed by atoms with Gasteiger partial charge in [-0.1, -0.05) is 30.3 Å². The van der Waals surface area contributed by atoms with E-state index >= 15 is 0 Å². The molecular weight excluding hydrogens is 419 g/mol. The Bertz CT molecular complexity index is 819. The second-order valence-corrected chi connectivity index (χ2v) is 9.97. The molecule has 1 aromatic carbocycles. The minimum Gasteiger partial charge on any atom is -0.341 e. The van der Waals surface area contributed by atoms with Crippen LogP contribution in [0.2, 0.25) is 0 Å². The van der Waals surface area contributed by atoms with Crippen molar-refractivity contribution in [2.75, 3.05) is 39.0 Å². The SMILES string of the molecule is CS(=O)(=O)N(CC(F)(F)F)C1CCN(C(=O)C(c2ccccc2)N2CCCC2)CC1. The van der Waals surface area contributed by atoms with Gasteiger partial charge in [-0.3, -0.25) is 9.69 Å². The van der Waals surface area contributed by atoms with Crippen LogP contribution in [0.25, 0.3) is 0 Å². The number of carbonyl (C=O) groups is 1. The van der Waals surface area contributed by atoms with E-state index in [1.165, 1.54) is 0 Å². The van der Waals surface area contributed by atoms with Gasteiger partial charge in [-0.2, -0.15) is 17.5 Å². The summed E-state index contributed by atoms with van der Waals surface area (Å²) in [5.74, 6) is -0.0664. The van der Waals surface area contributed by atoms with Crippen LogP contribution in [0.5, 0.6) is 0 Å². The van der Waals surface area contributed by atoms with E-state index in [0.717, 1.165) is 37.8 Å². The van der Waals surface area contributed by atoms with Gasteiger partial charge in [0.2, 0.25) is 15.9 Å². The Morgan fingerprint density at radius 3 is 2.17 bits per heavy atom. The van der Waals surface area contributed by atoms with Crippen LogP contribution >= 0.6 is 0 Å². The lowest BCUT2D eigenvalue weighted by Crippen LogP contribution is -2.52. The van der Waals surface area contributed by atoms with E-state index in [0.29, 0.717) is 4.31 Å². The van der Waals surface area contributed by atoms with E-state index < -0.39 is 34.8 Å². The normalized spacial score (nSPS) is 20.6. The first kappa shape index (κ1) is 23.0. The van der Waals surface area contributed by atoms with Crippen LogP contribution in [0, 0.1) is 0 Å². The number of hydrogen-bond acceptors (Lipinski definition) is 4. The number of alkyl halides is 3. The Balaban J connectivity index is 1.71. The molecule has 0 saturated carbocycles. The van der Waals surface area contributed by atoms with Gasteiger partial charge in [0, 0.05) is 19.1 Å². The van der Waals surface area contributed by atoms with Crippen LogP contribution < -0.4 is 0 Å². The highest BCUT2D eigenvalue weighted by Gasteiger charge is 2.41. The molecule has 0 radical (unpaired) electrons. The maximum atomic E-state index is 13.4. The highest BCUT2D eigenvalue weighted by molar-refractivity contribution is 7.88. The number of hydrogen-bond donors (Lipinski definition) is 0. The summed E-state index contributed by atoms with van der Waals surface area (Å²) in [5.41, 5.74) is 0.904. The van der Waals surface area contributed by atoms with E-state index in [4.69, 9.17) is 0 Å². The topological polar surface area (TPSA) is 60.9 Å². The summed E-state index contributed by atoms with van der Waals surface area (Å²) in [6.07, 6.45) is -1.37. The Morgan fingerprint density at radius 1 is 1.10 bits per heavy atom. The van der Waals surface area contributed by atoms with E-state index in [9.17, 15) is 26.4 Å². The number of sulfonamides is 1. The molecule has 0 aromatic heterocycles. The van der Waals surface area contributed by atoms with Crippen LogP contribution in [-0.2, 0) is 14.8 Å². The van der Waals surface area contributed by atoms with Crippen LogP contribution in [0.1, 0.15) is 37.3 Å². The van der Waals surface area contributed by atoms with Crippen molar-refractivity contribution in [3.8, 4) is 0 Å². The number of likely N-dealkylation sites (tertiary alicyclic amines) is 2. The fourth-order valence-electron chi connectivity index (χ4n) is 4.39. The van der Waals surface area contributed by atoms with Crippen molar-refractivity contribution in [3.05, 3.63) is 35.9 Å². The second-order valence-electron chi connectivity index (χ2n) is 8.04. The quantitative estimate of drug-likeness (QED) is 0.673. The zero-order valence-electron chi connectivity index (χ0n) is 17.0. The van der Waals surface area contributed by atoms with E-state index in [1.807, 2.05) is 30.3 Å². The number of amides is 1. The van der Waals surface area contributed by atoms with E-state index in [2.05, 4.69) is 4.90 Å². The average Bonchev–Trinajstić information content (AvgIpc) is 3.20. The lowest BCUT2D eigenvalue weighted by Gasteiger charge is -2.39. The van der Waals surface area contributed by atoms with Gasteiger partial charge in [-0.25, -0.2) is 8.42 Å². The summed E-state index contributed by atoms with van der Waals surface area (Å²) >= 11 is 0. The Morgan fingerprint density at radius 2 is 1.67 bits per heavy atom. The lowest BCUT2D eigenvalue weighted by molar-refractivity contribution is -0.144.